The number of aromatic nitrogens is 1. The highest BCUT2D eigenvalue weighted by atomic mass is 127. The van der Waals surface area contributed by atoms with Crippen molar-refractivity contribution in [3.05, 3.63) is 39.6 Å². The second kappa shape index (κ2) is 4.31. The Kier molecular flexibility index (Phi) is 3.08. The van der Waals surface area contributed by atoms with Gasteiger partial charge in [-0.3, -0.25) is 0 Å². The van der Waals surface area contributed by atoms with Crippen LogP contribution in [0.3, 0.4) is 0 Å². The molecule has 0 aliphatic heterocycles. The molecule has 4 heteroatoms. The molecule has 0 fully saturated rings. The second-order valence-corrected chi connectivity index (χ2v) is 4.34. The van der Waals surface area contributed by atoms with Crippen LogP contribution in [0.5, 0.6) is 0 Å². The van der Waals surface area contributed by atoms with Gasteiger partial charge in [-0.2, -0.15) is 0 Å². The molecule has 1 aromatic heterocycles. The predicted molar refractivity (Wildman–Crippen MR) is 64.2 cm³/mol. The summed E-state index contributed by atoms with van der Waals surface area (Å²) in [6.07, 6.45) is 0. The number of benzene rings is 1. The van der Waals surface area contributed by atoms with Crippen LogP contribution in [0.4, 0.5) is 0 Å². The van der Waals surface area contributed by atoms with Gasteiger partial charge in [0.05, 0.1) is 11.6 Å². The zero-order valence-electron chi connectivity index (χ0n) is 7.21. The van der Waals surface area contributed by atoms with Gasteiger partial charge in [0.2, 0.25) is 0 Å². The van der Waals surface area contributed by atoms with E-state index in [-0.39, 0.29) is 0 Å². The first-order valence-electron chi connectivity index (χ1n) is 4.07. The monoisotopic (exact) mass is 319 g/mol. The van der Waals surface area contributed by atoms with Crippen molar-refractivity contribution in [2.45, 2.75) is 5.88 Å². The molecule has 1 heterocycles. The number of rotatable bonds is 2. The highest BCUT2D eigenvalue weighted by Gasteiger charge is 2.04. The minimum absolute atomic E-state index is 0.383. The number of nitrogens with zero attached hydrogens (tertiary/aromatic N) is 1. The molecule has 0 amide bonds. The Labute approximate surface area is 100 Å². The van der Waals surface area contributed by atoms with E-state index in [0.717, 1.165) is 17.0 Å². The standard InChI is InChI=1S/C10H7ClINO/c11-6-9-5-10(14-13-9)7-1-3-8(12)4-2-7/h1-5H,6H2. The van der Waals surface area contributed by atoms with E-state index in [9.17, 15) is 0 Å². The maximum atomic E-state index is 5.63. The van der Waals surface area contributed by atoms with Gasteiger partial charge in [-0.15, -0.1) is 11.6 Å². The lowest BCUT2D eigenvalue weighted by Crippen LogP contribution is -1.74. The topological polar surface area (TPSA) is 26.0 Å². The van der Waals surface area contributed by atoms with Crippen LogP contribution < -0.4 is 0 Å². The predicted octanol–water partition coefficient (Wildman–Crippen LogP) is 3.69. The van der Waals surface area contributed by atoms with Crippen molar-refractivity contribution in [2.24, 2.45) is 0 Å². The summed E-state index contributed by atoms with van der Waals surface area (Å²) >= 11 is 7.89. The molecule has 0 N–H and O–H groups in total. The van der Waals surface area contributed by atoms with E-state index < -0.39 is 0 Å². The Bertz CT molecular complexity index is 424. The van der Waals surface area contributed by atoms with Crippen LogP contribution in [0.25, 0.3) is 11.3 Å². The molecule has 2 rings (SSSR count). The van der Waals surface area contributed by atoms with Crippen molar-refractivity contribution in [3.63, 3.8) is 0 Å². The molecular weight excluding hydrogens is 312 g/mol. The first-order chi connectivity index (χ1) is 6.79. The Morgan fingerprint density at radius 2 is 2.00 bits per heavy atom. The van der Waals surface area contributed by atoms with E-state index in [1.165, 1.54) is 3.57 Å². The first kappa shape index (κ1) is 9.98. The van der Waals surface area contributed by atoms with Crippen LogP contribution in [0.15, 0.2) is 34.9 Å². The van der Waals surface area contributed by atoms with Gasteiger partial charge in [-0.05, 0) is 34.7 Å². The van der Waals surface area contributed by atoms with Crippen molar-refractivity contribution >= 4 is 34.2 Å². The lowest BCUT2D eigenvalue weighted by molar-refractivity contribution is 0.426. The third-order valence-electron chi connectivity index (χ3n) is 1.82. The highest BCUT2D eigenvalue weighted by molar-refractivity contribution is 14.1. The fourth-order valence-electron chi connectivity index (χ4n) is 1.12. The maximum Gasteiger partial charge on any atom is 0.167 e. The summed E-state index contributed by atoms with van der Waals surface area (Å²) in [5.41, 5.74) is 1.79. The molecule has 0 aliphatic rings. The number of halogens is 2. The Morgan fingerprint density at radius 1 is 1.29 bits per heavy atom. The molecular formula is C10H7ClINO. The van der Waals surface area contributed by atoms with Crippen molar-refractivity contribution < 1.29 is 4.52 Å². The van der Waals surface area contributed by atoms with E-state index in [4.69, 9.17) is 16.1 Å². The zero-order chi connectivity index (χ0) is 9.97. The summed E-state index contributed by atoms with van der Waals surface area (Å²) in [5.74, 6) is 1.14. The fraction of sp³-hybridized carbons (Fsp3) is 0.100. The van der Waals surface area contributed by atoms with Gasteiger partial charge in [0.1, 0.15) is 0 Å². The molecule has 0 bridgehead atoms. The molecule has 14 heavy (non-hydrogen) atoms. The van der Waals surface area contributed by atoms with Gasteiger partial charge in [0, 0.05) is 15.2 Å². The fourth-order valence-corrected chi connectivity index (χ4v) is 1.61. The summed E-state index contributed by atoms with van der Waals surface area (Å²) in [6.45, 7) is 0. The third-order valence-corrected chi connectivity index (χ3v) is 2.82. The molecule has 1 aromatic carbocycles. The van der Waals surface area contributed by atoms with Crippen LogP contribution in [-0.4, -0.2) is 5.16 Å². The van der Waals surface area contributed by atoms with E-state index in [1.807, 2.05) is 30.3 Å². The average molecular weight is 320 g/mol. The summed E-state index contributed by atoms with van der Waals surface area (Å²) < 4.78 is 6.34. The van der Waals surface area contributed by atoms with Gasteiger partial charge in [-0.25, -0.2) is 0 Å². The summed E-state index contributed by atoms with van der Waals surface area (Å²) in [5, 5.41) is 3.82. The smallest absolute Gasteiger partial charge is 0.167 e. The lowest BCUT2D eigenvalue weighted by atomic mass is 10.2. The van der Waals surface area contributed by atoms with E-state index in [0.29, 0.717) is 5.88 Å². The van der Waals surface area contributed by atoms with Crippen LogP contribution in [0.1, 0.15) is 5.69 Å². The Balaban J connectivity index is 2.34. The number of alkyl halides is 1. The SMILES string of the molecule is ClCc1cc(-c2ccc(I)cc2)on1. The molecule has 0 unspecified atom stereocenters. The Morgan fingerprint density at radius 3 is 2.57 bits per heavy atom. The van der Waals surface area contributed by atoms with Crippen LogP contribution in [0.2, 0.25) is 0 Å². The molecule has 0 saturated heterocycles. The van der Waals surface area contributed by atoms with Crippen LogP contribution >= 0.6 is 34.2 Å². The normalized spacial score (nSPS) is 10.4. The molecule has 0 saturated carbocycles. The minimum Gasteiger partial charge on any atom is -0.356 e. The van der Waals surface area contributed by atoms with Crippen molar-refractivity contribution in [1.29, 1.82) is 0 Å². The largest absolute Gasteiger partial charge is 0.356 e. The molecule has 0 spiro atoms. The molecule has 0 aliphatic carbocycles. The number of hydrogen-bond donors (Lipinski definition) is 0. The van der Waals surface area contributed by atoms with Gasteiger partial charge in [0.15, 0.2) is 5.76 Å². The maximum absolute atomic E-state index is 5.63. The van der Waals surface area contributed by atoms with Crippen molar-refractivity contribution in [3.8, 4) is 11.3 Å². The van der Waals surface area contributed by atoms with Crippen molar-refractivity contribution in [2.75, 3.05) is 0 Å². The minimum atomic E-state index is 0.383. The number of hydrogen-bond acceptors (Lipinski definition) is 2. The average Bonchev–Trinajstić information content (AvgIpc) is 2.67. The molecule has 0 atom stereocenters. The van der Waals surface area contributed by atoms with E-state index in [1.54, 1.807) is 0 Å². The lowest BCUT2D eigenvalue weighted by Gasteiger charge is -1.94. The van der Waals surface area contributed by atoms with Crippen LogP contribution in [0, 0.1) is 3.57 Å². The zero-order valence-corrected chi connectivity index (χ0v) is 10.1. The molecule has 2 aromatic rings. The highest BCUT2D eigenvalue weighted by Crippen LogP contribution is 2.21. The van der Waals surface area contributed by atoms with Gasteiger partial charge in [0.25, 0.3) is 0 Å². The third kappa shape index (κ3) is 2.09. The van der Waals surface area contributed by atoms with E-state index in [2.05, 4.69) is 27.7 Å². The molecule has 2 nitrogen and oxygen atoms in total. The summed E-state index contributed by atoms with van der Waals surface area (Å²) in [4.78, 5) is 0. The van der Waals surface area contributed by atoms with Gasteiger partial charge < -0.3 is 4.52 Å². The first-order valence-corrected chi connectivity index (χ1v) is 5.68. The molecule has 0 radical (unpaired) electrons. The summed E-state index contributed by atoms with van der Waals surface area (Å²) in [7, 11) is 0. The quantitative estimate of drug-likeness (QED) is 0.623. The van der Waals surface area contributed by atoms with Gasteiger partial charge >= 0.3 is 0 Å². The van der Waals surface area contributed by atoms with Crippen LogP contribution in [-0.2, 0) is 5.88 Å². The van der Waals surface area contributed by atoms with Crippen molar-refractivity contribution in [1.82, 2.24) is 5.16 Å². The second-order valence-electron chi connectivity index (χ2n) is 2.82. The van der Waals surface area contributed by atoms with Gasteiger partial charge in [-0.1, -0.05) is 17.3 Å². The summed E-state index contributed by atoms with van der Waals surface area (Å²) in [6, 6.07) is 9.91. The Hall–Kier alpha value is -0.550. The molecule has 72 valence electrons. The van der Waals surface area contributed by atoms with E-state index >= 15 is 0 Å².